The molecule has 0 amide bonds. The number of Topliss-reactive ketones (excluding diaryl/α,β-unsaturated/α-hetero) is 2. The summed E-state index contributed by atoms with van der Waals surface area (Å²) in [7, 11) is 0. The lowest BCUT2D eigenvalue weighted by Gasteiger charge is -2.22. The molecule has 5 heteroatoms. The number of thioether (sulfide) groups is 1. The molecule has 0 aliphatic heterocycles. The Labute approximate surface area is 116 Å². The second-order valence-electron chi connectivity index (χ2n) is 4.23. The largest absolute Gasteiger partial charge is 0.481 e. The number of carbonyl (C=O) groups excluding carboxylic acids is 2. The number of hydrogen-bond donors (Lipinski definition) is 1. The highest BCUT2D eigenvalue weighted by Crippen LogP contribution is 2.36. The molecule has 0 spiro atoms. The summed E-state index contributed by atoms with van der Waals surface area (Å²) in [6.07, 6.45) is 0. The van der Waals surface area contributed by atoms with Gasteiger partial charge in [0, 0.05) is 5.25 Å². The van der Waals surface area contributed by atoms with E-state index in [2.05, 4.69) is 0 Å². The zero-order valence-electron chi connectivity index (χ0n) is 10.8. The lowest BCUT2D eigenvalue weighted by Crippen LogP contribution is -2.26. The van der Waals surface area contributed by atoms with E-state index >= 15 is 0 Å². The van der Waals surface area contributed by atoms with Gasteiger partial charge in [-0.3, -0.25) is 14.4 Å². The Kier molecular flexibility index (Phi) is 5.76. The molecule has 0 aliphatic rings. The maximum atomic E-state index is 11.7. The minimum Gasteiger partial charge on any atom is -0.481 e. The lowest BCUT2D eigenvalue weighted by molar-refractivity contribution is -0.134. The van der Waals surface area contributed by atoms with Crippen LogP contribution in [-0.4, -0.2) is 28.4 Å². The SMILES string of the molecule is CC(=O)C(C(C)=O)C(SCC(=O)O)c1ccccc1. The normalized spacial score (nSPS) is 12.2. The molecule has 1 unspecified atom stereocenters. The molecule has 0 saturated carbocycles. The highest BCUT2D eigenvalue weighted by atomic mass is 32.2. The van der Waals surface area contributed by atoms with Crippen molar-refractivity contribution in [1.29, 1.82) is 0 Å². The van der Waals surface area contributed by atoms with E-state index in [9.17, 15) is 14.4 Å². The van der Waals surface area contributed by atoms with Gasteiger partial charge in [0.05, 0.1) is 11.7 Å². The van der Waals surface area contributed by atoms with E-state index in [0.717, 1.165) is 17.3 Å². The van der Waals surface area contributed by atoms with Gasteiger partial charge in [0.25, 0.3) is 0 Å². The summed E-state index contributed by atoms with van der Waals surface area (Å²) in [5, 5.41) is 8.33. The molecule has 0 bridgehead atoms. The zero-order chi connectivity index (χ0) is 14.4. The fourth-order valence-electron chi connectivity index (χ4n) is 1.90. The summed E-state index contributed by atoms with van der Waals surface area (Å²) in [6, 6.07) is 9.05. The average Bonchev–Trinajstić information content (AvgIpc) is 2.34. The van der Waals surface area contributed by atoms with Crippen molar-refractivity contribution in [3.05, 3.63) is 35.9 Å². The Morgan fingerprint density at radius 2 is 1.63 bits per heavy atom. The topological polar surface area (TPSA) is 71.4 Å². The molecule has 1 N–H and O–H groups in total. The maximum Gasteiger partial charge on any atom is 0.313 e. The van der Waals surface area contributed by atoms with Gasteiger partial charge in [0.15, 0.2) is 0 Å². The van der Waals surface area contributed by atoms with Crippen molar-refractivity contribution < 1.29 is 19.5 Å². The Hall–Kier alpha value is -1.62. The van der Waals surface area contributed by atoms with Crippen LogP contribution in [0.25, 0.3) is 0 Å². The highest BCUT2D eigenvalue weighted by Gasteiger charge is 2.31. The van der Waals surface area contributed by atoms with Crippen LogP contribution in [0.3, 0.4) is 0 Å². The summed E-state index contributed by atoms with van der Waals surface area (Å²) >= 11 is 1.11. The zero-order valence-corrected chi connectivity index (χ0v) is 11.6. The van der Waals surface area contributed by atoms with Gasteiger partial charge in [-0.25, -0.2) is 0 Å². The highest BCUT2D eigenvalue weighted by molar-refractivity contribution is 8.00. The second-order valence-corrected chi connectivity index (χ2v) is 5.36. The number of carboxylic acids is 1. The van der Waals surface area contributed by atoms with Crippen molar-refractivity contribution in [2.75, 3.05) is 5.75 Å². The van der Waals surface area contributed by atoms with E-state index in [4.69, 9.17) is 5.11 Å². The number of ketones is 2. The molecule has 1 rings (SSSR count). The van der Waals surface area contributed by atoms with Gasteiger partial charge >= 0.3 is 5.97 Å². The Bertz CT molecular complexity index is 456. The van der Waals surface area contributed by atoms with Gasteiger partial charge in [0.1, 0.15) is 11.6 Å². The molecule has 4 nitrogen and oxygen atoms in total. The van der Waals surface area contributed by atoms with Crippen molar-refractivity contribution >= 4 is 29.3 Å². The molecule has 0 saturated heterocycles. The van der Waals surface area contributed by atoms with Crippen molar-refractivity contribution in [3.63, 3.8) is 0 Å². The van der Waals surface area contributed by atoms with E-state index in [0.29, 0.717) is 0 Å². The van der Waals surface area contributed by atoms with Crippen LogP contribution in [0.4, 0.5) is 0 Å². The number of rotatable bonds is 7. The molecule has 1 atom stereocenters. The Balaban J connectivity index is 3.07. The van der Waals surface area contributed by atoms with Crippen molar-refractivity contribution in [2.24, 2.45) is 5.92 Å². The molecule has 0 heterocycles. The Morgan fingerprint density at radius 3 is 2.05 bits per heavy atom. The van der Waals surface area contributed by atoms with E-state index in [-0.39, 0.29) is 17.3 Å². The number of carboxylic acid groups (broad SMARTS) is 1. The number of benzene rings is 1. The fourth-order valence-corrected chi connectivity index (χ4v) is 3.15. The summed E-state index contributed by atoms with van der Waals surface area (Å²) in [5.74, 6) is -2.38. The third kappa shape index (κ3) is 4.52. The smallest absolute Gasteiger partial charge is 0.313 e. The van der Waals surface area contributed by atoms with Crippen molar-refractivity contribution in [2.45, 2.75) is 19.1 Å². The summed E-state index contributed by atoms with van der Waals surface area (Å²) in [4.78, 5) is 34.0. The molecule has 0 aliphatic carbocycles. The molecule has 0 fully saturated rings. The number of hydrogen-bond acceptors (Lipinski definition) is 4. The predicted molar refractivity (Wildman–Crippen MR) is 74.1 cm³/mol. The lowest BCUT2D eigenvalue weighted by atomic mass is 9.92. The van der Waals surface area contributed by atoms with Gasteiger partial charge in [-0.2, -0.15) is 0 Å². The van der Waals surface area contributed by atoms with E-state index < -0.39 is 17.1 Å². The molecule has 0 aromatic heterocycles. The first-order valence-corrected chi connectivity index (χ1v) is 6.87. The minimum atomic E-state index is -0.961. The first-order chi connectivity index (χ1) is 8.93. The van der Waals surface area contributed by atoms with Gasteiger partial charge in [-0.05, 0) is 19.4 Å². The molecule has 102 valence electrons. The number of carbonyl (C=O) groups is 3. The first-order valence-electron chi connectivity index (χ1n) is 5.82. The standard InChI is InChI=1S/C14H16O4S/c1-9(15)13(10(2)16)14(19-8-12(17)18)11-6-4-3-5-7-11/h3-7,13-14H,8H2,1-2H3,(H,17,18). The third-order valence-electron chi connectivity index (χ3n) is 2.69. The van der Waals surface area contributed by atoms with Crippen LogP contribution in [-0.2, 0) is 14.4 Å². The fraction of sp³-hybridized carbons (Fsp3) is 0.357. The van der Waals surface area contributed by atoms with Crippen LogP contribution >= 0.6 is 11.8 Å². The van der Waals surface area contributed by atoms with E-state index in [1.165, 1.54) is 13.8 Å². The summed E-state index contributed by atoms with van der Waals surface area (Å²) < 4.78 is 0. The molecular weight excluding hydrogens is 264 g/mol. The number of aliphatic carboxylic acids is 1. The summed E-state index contributed by atoms with van der Waals surface area (Å²) in [6.45, 7) is 2.73. The van der Waals surface area contributed by atoms with Crippen LogP contribution in [0.15, 0.2) is 30.3 Å². The molecule has 19 heavy (non-hydrogen) atoms. The summed E-state index contributed by atoms with van der Waals surface area (Å²) in [5.41, 5.74) is 0.796. The van der Waals surface area contributed by atoms with Crippen LogP contribution < -0.4 is 0 Å². The van der Waals surface area contributed by atoms with Crippen LogP contribution in [0, 0.1) is 5.92 Å². The second kappa shape index (κ2) is 7.09. The van der Waals surface area contributed by atoms with Gasteiger partial charge in [-0.1, -0.05) is 30.3 Å². The monoisotopic (exact) mass is 280 g/mol. The van der Waals surface area contributed by atoms with E-state index in [1.54, 1.807) is 24.3 Å². The molecule has 1 aromatic rings. The molecule has 0 radical (unpaired) electrons. The maximum absolute atomic E-state index is 11.7. The molecule has 1 aromatic carbocycles. The average molecular weight is 280 g/mol. The quantitative estimate of drug-likeness (QED) is 0.776. The molecular formula is C14H16O4S. The van der Waals surface area contributed by atoms with Gasteiger partial charge in [-0.15, -0.1) is 11.8 Å². The van der Waals surface area contributed by atoms with Gasteiger partial charge in [0.2, 0.25) is 0 Å². The van der Waals surface area contributed by atoms with Crippen LogP contribution in [0.5, 0.6) is 0 Å². The van der Waals surface area contributed by atoms with Crippen molar-refractivity contribution in [1.82, 2.24) is 0 Å². The third-order valence-corrected chi connectivity index (χ3v) is 4.01. The Morgan fingerprint density at radius 1 is 1.11 bits per heavy atom. The van der Waals surface area contributed by atoms with Crippen LogP contribution in [0.1, 0.15) is 24.7 Å². The van der Waals surface area contributed by atoms with Crippen molar-refractivity contribution in [3.8, 4) is 0 Å². The first kappa shape index (κ1) is 15.4. The van der Waals surface area contributed by atoms with Crippen LogP contribution in [0.2, 0.25) is 0 Å². The van der Waals surface area contributed by atoms with E-state index in [1.807, 2.05) is 6.07 Å². The van der Waals surface area contributed by atoms with Gasteiger partial charge < -0.3 is 5.11 Å². The predicted octanol–water partition coefficient (Wildman–Crippen LogP) is 2.34. The minimum absolute atomic E-state index is 0.142.